The number of nitrogens with one attached hydrogen (secondary N) is 2. The minimum atomic E-state index is -0.106. The van der Waals surface area contributed by atoms with Crippen LogP contribution in [0.5, 0.6) is 0 Å². The zero-order chi connectivity index (χ0) is 13.9. The number of aromatic nitrogens is 1. The molecule has 0 spiro atoms. The van der Waals surface area contributed by atoms with Crippen molar-refractivity contribution in [1.82, 2.24) is 15.6 Å². The molecule has 0 bridgehead atoms. The Kier molecular flexibility index (Phi) is 4.20. The van der Waals surface area contributed by atoms with Gasteiger partial charge in [0, 0.05) is 12.4 Å². The summed E-state index contributed by atoms with van der Waals surface area (Å²) in [6, 6.07) is 3.77. The zero-order valence-corrected chi connectivity index (χ0v) is 11.9. The Morgan fingerprint density at radius 3 is 2.79 bits per heavy atom. The van der Waals surface area contributed by atoms with E-state index in [1.54, 1.807) is 12.4 Å². The molecule has 1 aromatic heterocycles. The molecule has 1 aliphatic rings. The molecule has 2 rings (SSSR count). The number of hydrogen-bond acceptors (Lipinski definition) is 3. The van der Waals surface area contributed by atoms with Crippen molar-refractivity contribution in [3.05, 3.63) is 30.1 Å². The van der Waals surface area contributed by atoms with Crippen LogP contribution in [0.2, 0.25) is 0 Å². The molecule has 1 fully saturated rings. The summed E-state index contributed by atoms with van der Waals surface area (Å²) < 4.78 is 0. The number of rotatable bonds is 3. The molecular formula is C15H23N3O. The molecule has 4 heteroatoms. The lowest BCUT2D eigenvalue weighted by Crippen LogP contribution is -2.55. The Labute approximate surface area is 115 Å². The minimum absolute atomic E-state index is 0.00928. The van der Waals surface area contributed by atoms with Crippen molar-refractivity contribution in [1.29, 1.82) is 0 Å². The van der Waals surface area contributed by atoms with E-state index < -0.39 is 0 Å². The fourth-order valence-electron chi connectivity index (χ4n) is 2.69. The molecule has 2 atom stereocenters. The monoisotopic (exact) mass is 261 g/mol. The van der Waals surface area contributed by atoms with Crippen molar-refractivity contribution in [2.45, 2.75) is 45.7 Å². The van der Waals surface area contributed by atoms with Crippen LogP contribution < -0.4 is 10.6 Å². The van der Waals surface area contributed by atoms with E-state index in [4.69, 9.17) is 0 Å². The quantitative estimate of drug-likeness (QED) is 0.875. The first-order valence-corrected chi connectivity index (χ1v) is 6.94. The molecule has 4 nitrogen and oxygen atoms in total. The van der Waals surface area contributed by atoms with E-state index in [2.05, 4.69) is 29.5 Å². The Hall–Kier alpha value is -1.42. The maximum atomic E-state index is 12.4. The van der Waals surface area contributed by atoms with Crippen LogP contribution in [0.4, 0.5) is 0 Å². The van der Waals surface area contributed by atoms with Gasteiger partial charge in [0.2, 0.25) is 5.91 Å². The summed E-state index contributed by atoms with van der Waals surface area (Å²) in [6.07, 6.45) is 5.72. The van der Waals surface area contributed by atoms with Crippen molar-refractivity contribution < 1.29 is 4.79 Å². The number of pyridine rings is 1. The first-order chi connectivity index (χ1) is 9.00. The maximum absolute atomic E-state index is 12.4. The summed E-state index contributed by atoms with van der Waals surface area (Å²) in [6.45, 7) is 7.23. The van der Waals surface area contributed by atoms with Gasteiger partial charge in [0.25, 0.3) is 0 Å². The molecular weight excluding hydrogens is 238 g/mol. The van der Waals surface area contributed by atoms with E-state index in [1.165, 1.54) is 0 Å². The predicted octanol–water partition coefficient (Wildman–Crippen LogP) is 2.04. The third kappa shape index (κ3) is 3.32. The highest BCUT2D eigenvalue weighted by molar-refractivity contribution is 5.83. The Bertz CT molecular complexity index is 430. The topological polar surface area (TPSA) is 54.0 Å². The summed E-state index contributed by atoms with van der Waals surface area (Å²) >= 11 is 0. The van der Waals surface area contributed by atoms with Gasteiger partial charge in [0.05, 0.1) is 12.1 Å². The largest absolute Gasteiger partial charge is 0.348 e. The average molecular weight is 261 g/mol. The lowest BCUT2D eigenvalue weighted by Gasteiger charge is -2.38. The van der Waals surface area contributed by atoms with Gasteiger partial charge in [-0.15, -0.1) is 0 Å². The number of carbonyl (C=O) groups is 1. The van der Waals surface area contributed by atoms with Crippen LogP contribution in [0, 0.1) is 5.41 Å². The summed E-state index contributed by atoms with van der Waals surface area (Å²) in [5, 5.41) is 6.43. The minimum Gasteiger partial charge on any atom is -0.348 e. The third-order valence-corrected chi connectivity index (χ3v) is 3.95. The molecule has 0 aromatic carbocycles. The normalized spacial score (nSPS) is 23.6. The van der Waals surface area contributed by atoms with Gasteiger partial charge in [-0.1, -0.05) is 13.8 Å². The van der Waals surface area contributed by atoms with Gasteiger partial charge in [0.1, 0.15) is 0 Å². The van der Waals surface area contributed by atoms with Crippen LogP contribution >= 0.6 is 0 Å². The molecule has 0 radical (unpaired) electrons. The van der Waals surface area contributed by atoms with Gasteiger partial charge in [-0.2, -0.15) is 0 Å². The Morgan fingerprint density at radius 2 is 2.16 bits per heavy atom. The van der Waals surface area contributed by atoms with Gasteiger partial charge in [-0.3, -0.25) is 9.78 Å². The third-order valence-electron chi connectivity index (χ3n) is 3.95. The van der Waals surface area contributed by atoms with Crippen LogP contribution in [-0.4, -0.2) is 23.5 Å². The molecule has 104 valence electrons. The molecule has 0 saturated carbocycles. The lowest BCUT2D eigenvalue weighted by atomic mass is 9.77. The first-order valence-electron chi connectivity index (χ1n) is 6.94. The van der Waals surface area contributed by atoms with Crippen molar-refractivity contribution >= 4 is 5.91 Å². The average Bonchev–Trinajstić information content (AvgIpc) is 2.39. The van der Waals surface area contributed by atoms with Crippen LogP contribution in [0.1, 0.15) is 45.2 Å². The fraction of sp³-hybridized carbons (Fsp3) is 0.600. The first kappa shape index (κ1) is 14.0. The van der Waals surface area contributed by atoms with Gasteiger partial charge >= 0.3 is 0 Å². The molecule has 0 aliphatic carbocycles. The van der Waals surface area contributed by atoms with E-state index in [1.807, 2.05) is 19.1 Å². The van der Waals surface area contributed by atoms with E-state index in [9.17, 15) is 4.79 Å². The number of hydrogen-bond donors (Lipinski definition) is 2. The molecule has 1 amide bonds. The zero-order valence-electron chi connectivity index (χ0n) is 11.9. The van der Waals surface area contributed by atoms with Gasteiger partial charge in [-0.05, 0) is 49.4 Å². The predicted molar refractivity (Wildman–Crippen MR) is 75.6 cm³/mol. The van der Waals surface area contributed by atoms with E-state index in [0.717, 1.165) is 24.9 Å². The number of piperidine rings is 1. The van der Waals surface area contributed by atoms with Crippen LogP contribution in [-0.2, 0) is 4.79 Å². The highest BCUT2D eigenvalue weighted by Crippen LogP contribution is 2.30. The molecule has 1 aromatic rings. The molecule has 2 N–H and O–H groups in total. The summed E-state index contributed by atoms with van der Waals surface area (Å²) in [5.74, 6) is 0.0917. The SMILES string of the molecule is CC(NC(=O)C1NCCCC1(C)C)c1ccncc1. The molecule has 2 heterocycles. The van der Waals surface area contributed by atoms with E-state index >= 15 is 0 Å². The highest BCUT2D eigenvalue weighted by atomic mass is 16.2. The smallest absolute Gasteiger partial charge is 0.238 e. The Balaban J connectivity index is 2.01. The fourth-order valence-corrected chi connectivity index (χ4v) is 2.69. The van der Waals surface area contributed by atoms with Crippen molar-refractivity contribution in [2.24, 2.45) is 5.41 Å². The van der Waals surface area contributed by atoms with Crippen molar-refractivity contribution in [3.63, 3.8) is 0 Å². The van der Waals surface area contributed by atoms with E-state index in [-0.39, 0.29) is 23.4 Å². The summed E-state index contributed by atoms with van der Waals surface area (Å²) in [7, 11) is 0. The molecule has 19 heavy (non-hydrogen) atoms. The lowest BCUT2D eigenvalue weighted by molar-refractivity contribution is -0.127. The van der Waals surface area contributed by atoms with Crippen LogP contribution in [0.25, 0.3) is 0 Å². The number of carbonyl (C=O) groups excluding carboxylic acids is 1. The van der Waals surface area contributed by atoms with E-state index in [0.29, 0.717) is 0 Å². The number of nitrogens with zero attached hydrogens (tertiary/aromatic N) is 1. The van der Waals surface area contributed by atoms with Crippen LogP contribution in [0.3, 0.4) is 0 Å². The standard InChI is InChI=1S/C15H23N3O/c1-11(12-5-9-16-10-6-12)18-14(19)13-15(2,3)7-4-8-17-13/h5-6,9-11,13,17H,4,7-8H2,1-3H3,(H,18,19). The summed E-state index contributed by atoms with van der Waals surface area (Å²) in [5.41, 5.74) is 1.09. The molecule has 1 aliphatic heterocycles. The summed E-state index contributed by atoms with van der Waals surface area (Å²) in [4.78, 5) is 16.4. The van der Waals surface area contributed by atoms with Crippen molar-refractivity contribution in [3.8, 4) is 0 Å². The second-order valence-corrected chi connectivity index (χ2v) is 5.99. The van der Waals surface area contributed by atoms with Crippen LogP contribution in [0.15, 0.2) is 24.5 Å². The van der Waals surface area contributed by atoms with Gasteiger partial charge in [-0.25, -0.2) is 0 Å². The second kappa shape index (κ2) is 5.70. The number of amides is 1. The second-order valence-electron chi connectivity index (χ2n) is 5.99. The Morgan fingerprint density at radius 1 is 1.47 bits per heavy atom. The highest BCUT2D eigenvalue weighted by Gasteiger charge is 2.37. The molecule has 1 saturated heterocycles. The van der Waals surface area contributed by atoms with Crippen molar-refractivity contribution in [2.75, 3.05) is 6.54 Å². The molecule has 2 unspecified atom stereocenters. The van der Waals surface area contributed by atoms with Gasteiger partial charge in [0.15, 0.2) is 0 Å². The maximum Gasteiger partial charge on any atom is 0.238 e. The van der Waals surface area contributed by atoms with Gasteiger partial charge < -0.3 is 10.6 Å².